The van der Waals surface area contributed by atoms with Crippen molar-refractivity contribution in [3.63, 3.8) is 0 Å². The van der Waals surface area contributed by atoms with Crippen molar-refractivity contribution in [3.8, 4) is 11.5 Å². The van der Waals surface area contributed by atoms with Crippen LogP contribution >= 0.6 is 15.9 Å². The molecule has 0 aliphatic heterocycles. The number of sulfone groups is 1. The van der Waals surface area contributed by atoms with Crippen molar-refractivity contribution < 1.29 is 13.2 Å². The summed E-state index contributed by atoms with van der Waals surface area (Å²) in [6.07, 6.45) is 1.14. The summed E-state index contributed by atoms with van der Waals surface area (Å²) in [4.78, 5) is 0.220. The van der Waals surface area contributed by atoms with E-state index in [1.807, 2.05) is 0 Å². The van der Waals surface area contributed by atoms with Crippen molar-refractivity contribution in [2.24, 2.45) is 5.73 Å². The van der Waals surface area contributed by atoms with E-state index in [0.29, 0.717) is 17.1 Å². The lowest BCUT2D eigenvalue weighted by Crippen LogP contribution is -2.12. The van der Waals surface area contributed by atoms with Crippen molar-refractivity contribution >= 4 is 31.6 Å². The molecular formula is C14H13BrN2O3S. The number of hydrogen-bond acceptors (Lipinski definition) is 4. The van der Waals surface area contributed by atoms with Crippen LogP contribution < -0.4 is 10.5 Å². The Kier molecular flexibility index (Phi) is 4.34. The number of nitrogens with two attached hydrogens (primary N) is 1. The summed E-state index contributed by atoms with van der Waals surface area (Å²) in [5.74, 6) is 0.782. The lowest BCUT2D eigenvalue weighted by Gasteiger charge is -2.11. The summed E-state index contributed by atoms with van der Waals surface area (Å²) in [5, 5.41) is 7.55. The molecule has 0 amide bonds. The van der Waals surface area contributed by atoms with Crippen LogP contribution in [0.25, 0.3) is 0 Å². The Morgan fingerprint density at radius 3 is 2.33 bits per heavy atom. The van der Waals surface area contributed by atoms with E-state index in [2.05, 4.69) is 15.9 Å². The molecule has 0 atom stereocenters. The van der Waals surface area contributed by atoms with E-state index in [9.17, 15) is 8.42 Å². The standard InChI is InChI=1S/C14H13BrN2O3S/c1-21(18,19)11-5-3-10(4-6-11)20-13-7-2-9(15)8-12(13)14(16)17/h2-8H,1H3,(H3,16,17). The lowest BCUT2D eigenvalue weighted by molar-refractivity contribution is 0.481. The van der Waals surface area contributed by atoms with Gasteiger partial charge in [-0.25, -0.2) is 8.42 Å². The molecule has 2 rings (SSSR count). The highest BCUT2D eigenvalue weighted by molar-refractivity contribution is 9.10. The van der Waals surface area contributed by atoms with Crippen molar-refractivity contribution in [2.75, 3.05) is 6.26 Å². The maximum atomic E-state index is 11.4. The molecule has 0 saturated heterocycles. The molecule has 0 fully saturated rings. The van der Waals surface area contributed by atoms with Gasteiger partial charge in [-0.3, -0.25) is 5.41 Å². The van der Waals surface area contributed by atoms with Gasteiger partial charge in [-0.15, -0.1) is 0 Å². The van der Waals surface area contributed by atoms with E-state index < -0.39 is 9.84 Å². The van der Waals surface area contributed by atoms with Gasteiger partial charge in [-0.1, -0.05) is 15.9 Å². The summed E-state index contributed by atoms with van der Waals surface area (Å²) >= 11 is 3.31. The first-order valence-corrected chi connectivity index (χ1v) is 8.58. The monoisotopic (exact) mass is 368 g/mol. The molecule has 3 N–H and O–H groups in total. The van der Waals surface area contributed by atoms with Crippen LogP contribution in [0.15, 0.2) is 51.8 Å². The van der Waals surface area contributed by atoms with Gasteiger partial charge in [0.2, 0.25) is 0 Å². The minimum atomic E-state index is -3.24. The first-order chi connectivity index (χ1) is 9.77. The zero-order valence-corrected chi connectivity index (χ0v) is 13.5. The van der Waals surface area contributed by atoms with E-state index in [-0.39, 0.29) is 10.7 Å². The highest BCUT2D eigenvalue weighted by Crippen LogP contribution is 2.28. The fourth-order valence-corrected chi connectivity index (χ4v) is 2.68. The van der Waals surface area contributed by atoms with Crippen molar-refractivity contribution in [2.45, 2.75) is 4.90 Å². The van der Waals surface area contributed by atoms with E-state index in [1.54, 1.807) is 30.3 Å². The summed E-state index contributed by atoms with van der Waals surface area (Å²) < 4.78 is 29.2. The van der Waals surface area contributed by atoms with Gasteiger partial charge in [0, 0.05) is 10.7 Å². The maximum absolute atomic E-state index is 11.4. The molecule has 0 aliphatic carbocycles. The average molecular weight is 369 g/mol. The molecule has 21 heavy (non-hydrogen) atoms. The van der Waals surface area contributed by atoms with E-state index in [1.165, 1.54) is 12.1 Å². The fraction of sp³-hybridized carbons (Fsp3) is 0.0714. The van der Waals surface area contributed by atoms with Crippen LogP contribution in [0, 0.1) is 5.41 Å². The van der Waals surface area contributed by atoms with Crippen LogP contribution in [0.5, 0.6) is 11.5 Å². The Bertz CT molecular complexity index is 786. The Balaban J connectivity index is 2.33. The number of ether oxygens (including phenoxy) is 1. The normalized spacial score (nSPS) is 11.1. The highest BCUT2D eigenvalue weighted by atomic mass is 79.9. The Hall–Kier alpha value is -1.86. The molecule has 7 heteroatoms. The van der Waals surface area contributed by atoms with Gasteiger partial charge in [-0.2, -0.15) is 0 Å². The van der Waals surface area contributed by atoms with Gasteiger partial charge in [0.25, 0.3) is 0 Å². The van der Waals surface area contributed by atoms with Crippen molar-refractivity contribution in [1.29, 1.82) is 5.41 Å². The second kappa shape index (κ2) is 5.87. The number of nitrogens with one attached hydrogen (secondary N) is 1. The number of nitrogen functional groups attached to an aromatic ring is 1. The lowest BCUT2D eigenvalue weighted by atomic mass is 10.2. The first-order valence-electron chi connectivity index (χ1n) is 5.89. The molecule has 0 spiro atoms. The summed E-state index contributed by atoms with van der Waals surface area (Å²) in [7, 11) is -3.24. The Morgan fingerprint density at radius 2 is 1.81 bits per heavy atom. The minimum absolute atomic E-state index is 0.112. The van der Waals surface area contributed by atoms with E-state index in [0.717, 1.165) is 10.7 Å². The van der Waals surface area contributed by atoms with E-state index in [4.69, 9.17) is 15.9 Å². The van der Waals surface area contributed by atoms with Crippen LogP contribution in [0.3, 0.4) is 0 Å². The number of amidine groups is 1. The molecule has 0 unspecified atom stereocenters. The number of benzene rings is 2. The van der Waals surface area contributed by atoms with Gasteiger partial charge in [0.15, 0.2) is 9.84 Å². The maximum Gasteiger partial charge on any atom is 0.175 e. The average Bonchev–Trinajstić information content (AvgIpc) is 2.40. The van der Waals surface area contributed by atoms with Crippen LogP contribution in [0.2, 0.25) is 0 Å². The number of rotatable bonds is 4. The SMILES string of the molecule is CS(=O)(=O)c1ccc(Oc2ccc(Br)cc2C(=N)N)cc1. The fourth-order valence-electron chi connectivity index (χ4n) is 1.68. The molecule has 0 radical (unpaired) electrons. The summed E-state index contributed by atoms with van der Waals surface area (Å²) in [6.45, 7) is 0. The highest BCUT2D eigenvalue weighted by Gasteiger charge is 2.10. The molecule has 0 saturated carbocycles. The summed E-state index contributed by atoms with van der Waals surface area (Å²) in [5.41, 5.74) is 5.98. The molecule has 2 aromatic rings. The second-order valence-corrected chi connectivity index (χ2v) is 7.33. The molecule has 5 nitrogen and oxygen atoms in total. The van der Waals surface area contributed by atoms with Gasteiger partial charge in [0.05, 0.1) is 10.5 Å². The predicted molar refractivity (Wildman–Crippen MR) is 84.8 cm³/mol. The molecule has 0 heterocycles. The number of halogens is 1. The van der Waals surface area contributed by atoms with Crippen LogP contribution in [-0.4, -0.2) is 20.5 Å². The molecule has 0 aliphatic rings. The molecular weight excluding hydrogens is 356 g/mol. The Morgan fingerprint density at radius 1 is 1.19 bits per heavy atom. The van der Waals surface area contributed by atoms with Crippen LogP contribution in [-0.2, 0) is 9.84 Å². The third-order valence-corrected chi connectivity index (χ3v) is 4.33. The van der Waals surface area contributed by atoms with Gasteiger partial charge in [-0.05, 0) is 42.5 Å². The van der Waals surface area contributed by atoms with Gasteiger partial charge in [0.1, 0.15) is 17.3 Å². The number of hydrogen-bond donors (Lipinski definition) is 2. The molecule has 0 bridgehead atoms. The topological polar surface area (TPSA) is 93.2 Å². The van der Waals surface area contributed by atoms with Gasteiger partial charge >= 0.3 is 0 Å². The third-order valence-electron chi connectivity index (χ3n) is 2.71. The first kappa shape index (κ1) is 15.5. The quantitative estimate of drug-likeness (QED) is 0.640. The van der Waals surface area contributed by atoms with Crippen LogP contribution in [0.4, 0.5) is 0 Å². The van der Waals surface area contributed by atoms with Crippen LogP contribution in [0.1, 0.15) is 5.56 Å². The molecule has 0 aromatic heterocycles. The minimum Gasteiger partial charge on any atom is -0.457 e. The smallest absolute Gasteiger partial charge is 0.175 e. The zero-order valence-electron chi connectivity index (χ0n) is 11.1. The second-order valence-electron chi connectivity index (χ2n) is 4.40. The van der Waals surface area contributed by atoms with Gasteiger partial charge < -0.3 is 10.5 Å². The Labute approximate surface area is 131 Å². The molecule has 2 aromatic carbocycles. The van der Waals surface area contributed by atoms with Crippen molar-refractivity contribution in [3.05, 3.63) is 52.5 Å². The summed E-state index contributed by atoms with van der Waals surface area (Å²) in [6, 6.07) is 11.2. The van der Waals surface area contributed by atoms with E-state index >= 15 is 0 Å². The predicted octanol–water partition coefficient (Wildman–Crippen LogP) is 2.93. The van der Waals surface area contributed by atoms with Crippen molar-refractivity contribution in [1.82, 2.24) is 0 Å². The zero-order chi connectivity index (χ0) is 15.6. The third kappa shape index (κ3) is 3.83. The largest absolute Gasteiger partial charge is 0.457 e. The molecule has 110 valence electrons.